The second-order valence-electron chi connectivity index (χ2n) is 4.52. The third-order valence-electron chi connectivity index (χ3n) is 3.14. The van der Waals surface area contributed by atoms with E-state index in [9.17, 15) is 9.59 Å². The minimum atomic E-state index is -1.12. The van der Waals surface area contributed by atoms with Crippen LogP contribution in [0.2, 0.25) is 0 Å². The van der Waals surface area contributed by atoms with E-state index in [-0.39, 0.29) is 23.3 Å². The molecule has 1 fully saturated rings. The summed E-state index contributed by atoms with van der Waals surface area (Å²) < 4.78 is 0. The van der Waals surface area contributed by atoms with Gasteiger partial charge in [-0.15, -0.1) is 0 Å². The molecule has 1 saturated carbocycles. The number of aromatic carboxylic acids is 1. The number of hydrogen-bond acceptors (Lipinski definition) is 3. The van der Waals surface area contributed by atoms with Crippen molar-refractivity contribution in [1.82, 2.24) is 10.3 Å². The monoisotopic (exact) mass is 248 g/mol. The molecule has 0 spiro atoms. The molecule has 1 aromatic rings. The molecular weight excluding hydrogens is 232 g/mol. The van der Waals surface area contributed by atoms with Gasteiger partial charge in [0.15, 0.2) is 0 Å². The lowest BCUT2D eigenvalue weighted by Gasteiger charge is -2.22. The van der Waals surface area contributed by atoms with Crippen LogP contribution in [-0.2, 0) is 0 Å². The molecule has 1 amide bonds. The minimum Gasteiger partial charge on any atom is -0.477 e. The summed E-state index contributed by atoms with van der Waals surface area (Å²) in [6.45, 7) is 0. The summed E-state index contributed by atoms with van der Waals surface area (Å²) in [6, 6.07) is 4.64. The highest BCUT2D eigenvalue weighted by molar-refractivity contribution is 5.94. The molecule has 0 aromatic carbocycles. The molecule has 2 rings (SSSR count). The van der Waals surface area contributed by atoms with Crippen LogP contribution in [0.5, 0.6) is 0 Å². The average molecular weight is 248 g/mol. The van der Waals surface area contributed by atoms with Crippen molar-refractivity contribution in [3.05, 3.63) is 29.6 Å². The largest absolute Gasteiger partial charge is 0.477 e. The second kappa shape index (κ2) is 5.62. The minimum absolute atomic E-state index is 0.105. The Kier molecular flexibility index (Phi) is 3.92. The van der Waals surface area contributed by atoms with Crippen molar-refractivity contribution in [1.29, 1.82) is 0 Å². The number of carbonyl (C=O) groups excluding carboxylic acids is 1. The molecule has 0 atom stereocenters. The van der Waals surface area contributed by atoms with Gasteiger partial charge in [0.2, 0.25) is 0 Å². The van der Waals surface area contributed by atoms with E-state index < -0.39 is 5.97 Å². The molecule has 1 aliphatic carbocycles. The molecule has 0 unspecified atom stereocenters. The van der Waals surface area contributed by atoms with Gasteiger partial charge in [0.25, 0.3) is 5.91 Å². The van der Waals surface area contributed by atoms with Gasteiger partial charge in [-0.1, -0.05) is 25.3 Å². The Bertz CT molecular complexity index is 453. The summed E-state index contributed by atoms with van der Waals surface area (Å²) in [6.07, 6.45) is 5.47. The zero-order valence-electron chi connectivity index (χ0n) is 10.1. The van der Waals surface area contributed by atoms with Gasteiger partial charge in [-0.25, -0.2) is 9.78 Å². The van der Waals surface area contributed by atoms with Crippen LogP contribution in [0.25, 0.3) is 0 Å². The maximum Gasteiger partial charge on any atom is 0.354 e. The first-order valence-corrected chi connectivity index (χ1v) is 6.18. The lowest BCUT2D eigenvalue weighted by atomic mass is 9.95. The van der Waals surface area contributed by atoms with E-state index in [4.69, 9.17) is 5.11 Å². The van der Waals surface area contributed by atoms with Crippen LogP contribution in [0.1, 0.15) is 53.1 Å². The van der Waals surface area contributed by atoms with Gasteiger partial charge in [0.05, 0.1) is 0 Å². The van der Waals surface area contributed by atoms with Crippen LogP contribution in [0.15, 0.2) is 18.2 Å². The molecule has 1 aromatic heterocycles. The Hall–Kier alpha value is -1.91. The molecule has 1 aliphatic rings. The van der Waals surface area contributed by atoms with Crippen molar-refractivity contribution >= 4 is 11.9 Å². The smallest absolute Gasteiger partial charge is 0.354 e. The maximum atomic E-state index is 11.9. The van der Waals surface area contributed by atoms with E-state index in [2.05, 4.69) is 10.3 Å². The molecule has 1 heterocycles. The van der Waals surface area contributed by atoms with Crippen molar-refractivity contribution in [2.24, 2.45) is 0 Å². The highest BCUT2D eigenvalue weighted by Crippen LogP contribution is 2.17. The molecule has 5 nitrogen and oxygen atoms in total. The number of rotatable bonds is 3. The summed E-state index contributed by atoms with van der Waals surface area (Å²) in [5, 5.41) is 11.7. The van der Waals surface area contributed by atoms with Crippen molar-refractivity contribution in [2.45, 2.75) is 38.1 Å². The molecule has 96 valence electrons. The number of nitrogens with one attached hydrogen (secondary N) is 1. The number of amides is 1. The zero-order chi connectivity index (χ0) is 13.0. The third-order valence-corrected chi connectivity index (χ3v) is 3.14. The molecular formula is C13H16N2O3. The molecule has 0 bridgehead atoms. The molecule has 2 N–H and O–H groups in total. The van der Waals surface area contributed by atoms with Crippen LogP contribution in [0.4, 0.5) is 0 Å². The number of aromatic nitrogens is 1. The van der Waals surface area contributed by atoms with Crippen molar-refractivity contribution < 1.29 is 14.7 Å². The first kappa shape index (κ1) is 12.5. The molecule has 0 saturated heterocycles. The van der Waals surface area contributed by atoms with Gasteiger partial charge >= 0.3 is 5.97 Å². The lowest BCUT2D eigenvalue weighted by molar-refractivity contribution is 0.0690. The normalized spacial score (nSPS) is 16.2. The SMILES string of the molecule is O=C(O)c1cccc(C(=O)NC2CCCCC2)n1. The number of carboxylic acids is 1. The Morgan fingerprint density at radius 1 is 1.17 bits per heavy atom. The first-order valence-electron chi connectivity index (χ1n) is 6.18. The van der Waals surface area contributed by atoms with E-state index in [0.717, 1.165) is 25.7 Å². The van der Waals surface area contributed by atoms with Gasteiger partial charge in [0, 0.05) is 6.04 Å². The highest BCUT2D eigenvalue weighted by atomic mass is 16.4. The first-order chi connectivity index (χ1) is 8.66. The second-order valence-corrected chi connectivity index (χ2v) is 4.52. The quantitative estimate of drug-likeness (QED) is 0.855. The van der Waals surface area contributed by atoms with Gasteiger partial charge in [-0.3, -0.25) is 4.79 Å². The van der Waals surface area contributed by atoms with Crippen molar-refractivity contribution in [3.8, 4) is 0 Å². The molecule has 5 heteroatoms. The summed E-state index contributed by atoms with van der Waals surface area (Å²) in [5.41, 5.74) is 0.0618. The van der Waals surface area contributed by atoms with E-state index in [1.165, 1.54) is 24.6 Å². The van der Waals surface area contributed by atoms with Crippen molar-refractivity contribution in [3.63, 3.8) is 0 Å². The summed E-state index contributed by atoms with van der Waals surface area (Å²) in [7, 11) is 0. The number of hydrogen-bond donors (Lipinski definition) is 2. The predicted octanol–water partition coefficient (Wildman–Crippen LogP) is 1.84. The Morgan fingerprint density at radius 3 is 2.50 bits per heavy atom. The number of nitrogens with zero attached hydrogens (tertiary/aromatic N) is 1. The van der Waals surface area contributed by atoms with Crippen molar-refractivity contribution in [2.75, 3.05) is 0 Å². The van der Waals surface area contributed by atoms with Gasteiger partial charge in [0.1, 0.15) is 11.4 Å². The van der Waals surface area contributed by atoms with Crippen LogP contribution >= 0.6 is 0 Å². The highest BCUT2D eigenvalue weighted by Gasteiger charge is 2.18. The van der Waals surface area contributed by atoms with Crippen LogP contribution < -0.4 is 5.32 Å². The number of pyridine rings is 1. The Morgan fingerprint density at radius 2 is 1.83 bits per heavy atom. The maximum absolute atomic E-state index is 11.9. The fraction of sp³-hybridized carbons (Fsp3) is 0.462. The summed E-state index contributed by atoms with van der Waals surface area (Å²) in [5.74, 6) is -1.41. The Labute approximate surface area is 105 Å². The molecule has 18 heavy (non-hydrogen) atoms. The topological polar surface area (TPSA) is 79.3 Å². The molecule has 0 radical (unpaired) electrons. The van der Waals surface area contributed by atoms with Gasteiger partial charge < -0.3 is 10.4 Å². The zero-order valence-corrected chi connectivity index (χ0v) is 10.1. The van der Waals surface area contributed by atoms with Crippen LogP contribution in [-0.4, -0.2) is 28.0 Å². The summed E-state index contributed by atoms with van der Waals surface area (Å²) in [4.78, 5) is 26.5. The van der Waals surface area contributed by atoms with Gasteiger partial charge in [-0.2, -0.15) is 0 Å². The van der Waals surface area contributed by atoms with E-state index in [1.54, 1.807) is 0 Å². The van der Waals surface area contributed by atoms with Crippen LogP contribution in [0, 0.1) is 0 Å². The third kappa shape index (κ3) is 3.06. The number of carbonyl (C=O) groups is 2. The van der Waals surface area contributed by atoms with E-state index >= 15 is 0 Å². The predicted molar refractivity (Wildman–Crippen MR) is 65.5 cm³/mol. The fourth-order valence-electron chi connectivity index (χ4n) is 2.19. The van der Waals surface area contributed by atoms with E-state index in [1.807, 2.05) is 0 Å². The lowest BCUT2D eigenvalue weighted by Crippen LogP contribution is -2.36. The standard InChI is InChI=1S/C13H16N2O3/c16-12(14-9-5-2-1-3-6-9)10-7-4-8-11(15-10)13(17)18/h4,7-9H,1-3,5-6H2,(H,14,16)(H,17,18). The van der Waals surface area contributed by atoms with Crippen LogP contribution in [0.3, 0.4) is 0 Å². The average Bonchev–Trinajstić information content (AvgIpc) is 2.40. The number of carboxylic acid groups (broad SMARTS) is 1. The van der Waals surface area contributed by atoms with E-state index in [0.29, 0.717) is 0 Å². The van der Waals surface area contributed by atoms with Gasteiger partial charge in [-0.05, 0) is 25.0 Å². The molecule has 0 aliphatic heterocycles. The Balaban J connectivity index is 2.03. The fourth-order valence-corrected chi connectivity index (χ4v) is 2.19. The summed E-state index contributed by atoms with van der Waals surface area (Å²) >= 11 is 0.